The number of phenolic OH excluding ortho intramolecular Hbond substituents is 2. The summed E-state index contributed by atoms with van der Waals surface area (Å²) in [6.45, 7) is 0. The Morgan fingerprint density at radius 1 is 0.581 bits per heavy atom. The van der Waals surface area contributed by atoms with Gasteiger partial charge in [-0.1, -0.05) is 48.6 Å². The molecule has 0 bridgehead atoms. The van der Waals surface area contributed by atoms with Crippen LogP contribution in [0.3, 0.4) is 0 Å². The lowest BCUT2D eigenvalue weighted by Gasteiger charge is -2.05. The zero-order chi connectivity index (χ0) is 29.5. The molecule has 0 amide bonds. The zero-order valence-electron chi connectivity index (χ0n) is 23.6. The van der Waals surface area contributed by atoms with E-state index in [1.54, 1.807) is 37.7 Å². The van der Waals surface area contributed by atoms with Crippen LogP contribution in [0.15, 0.2) is 97.6 Å². The Labute approximate surface area is 251 Å². The van der Waals surface area contributed by atoms with Gasteiger partial charge in [0.05, 0.1) is 25.0 Å². The van der Waals surface area contributed by atoms with Gasteiger partial charge in [0.1, 0.15) is 0 Å². The van der Waals surface area contributed by atoms with Gasteiger partial charge in [-0.05, 0) is 23.3 Å². The van der Waals surface area contributed by atoms with E-state index in [0.717, 1.165) is 22.2 Å². The predicted molar refractivity (Wildman–Crippen MR) is 173 cm³/mol. The number of aromatic hydroxyl groups is 2. The molecule has 5 aromatic heterocycles. The van der Waals surface area contributed by atoms with E-state index in [1.807, 2.05) is 48.6 Å². The van der Waals surface area contributed by atoms with Crippen molar-refractivity contribution in [1.82, 2.24) is 0 Å². The fraction of sp³-hybridized carbons (Fsp3) is 0.0556. The number of rotatable bonds is 6. The second kappa shape index (κ2) is 10.8. The van der Waals surface area contributed by atoms with E-state index in [9.17, 15) is 10.2 Å². The molecular formula is C36H28N2O4S+2. The summed E-state index contributed by atoms with van der Waals surface area (Å²) in [7, 11) is 3.10. The Hall–Kier alpha value is -5.40. The molecule has 0 saturated carbocycles. The molecule has 43 heavy (non-hydrogen) atoms. The number of pyridine rings is 4. The first-order chi connectivity index (χ1) is 21.0. The standard InChI is InChI=1S/C36H26N2O4S/c1-41-29-7-3-5-25(35(29)39)11-9-23-13-17-37-19-15-31-33(27(37)21-23)34-28-22-24(14-18-38(28)20-16-32(34)43-31)10-12-26-6-4-8-30(42-2)36(26)40/h3-22H,1-2H3/p+2. The Kier molecular flexibility index (Phi) is 6.64. The van der Waals surface area contributed by atoms with Crippen LogP contribution in [0.2, 0.25) is 0 Å². The first-order valence-corrected chi connectivity index (χ1v) is 14.6. The van der Waals surface area contributed by atoms with E-state index in [0.29, 0.717) is 22.6 Å². The van der Waals surface area contributed by atoms with Crippen LogP contribution < -0.4 is 18.3 Å². The minimum absolute atomic E-state index is 0.123. The lowest BCUT2D eigenvalue weighted by atomic mass is 10.1. The van der Waals surface area contributed by atoms with Crippen LogP contribution in [-0.2, 0) is 0 Å². The first kappa shape index (κ1) is 26.5. The summed E-state index contributed by atoms with van der Waals surface area (Å²) in [4.78, 5) is 0. The number of aromatic nitrogens is 2. The maximum Gasteiger partial charge on any atom is 0.220 e. The van der Waals surface area contributed by atoms with Crippen molar-refractivity contribution in [2.45, 2.75) is 0 Å². The molecule has 6 nitrogen and oxygen atoms in total. The highest BCUT2D eigenvalue weighted by atomic mass is 32.1. The number of ether oxygens (including phenoxy) is 2. The minimum Gasteiger partial charge on any atom is -0.504 e. The van der Waals surface area contributed by atoms with Crippen molar-refractivity contribution in [2.75, 3.05) is 14.2 Å². The Morgan fingerprint density at radius 3 is 1.47 bits per heavy atom. The van der Waals surface area contributed by atoms with Crippen molar-refractivity contribution >= 4 is 66.8 Å². The number of thiophene rings is 1. The lowest BCUT2D eigenvalue weighted by Crippen LogP contribution is -2.21. The molecule has 210 valence electrons. The molecule has 7 rings (SSSR count). The number of hydrogen-bond acceptors (Lipinski definition) is 5. The largest absolute Gasteiger partial charge is 0.504 e. The third-order valence-corrected chi connectivity index (χ3v) is 8.80. The number of para-hydroxylation sites is 2. The molecular weight excluding hydrogens is 556 g/mol. The molecule has 7 heteroatoms. The molecule has 0 aliphatic carbocycles. The molecule has 2 N–H and O–H groups in total. The number of phenols is 2. The van der Waals surface area contributed by atoms with Gasteiger partial charge < -0.3 is 19.7 Å². The molecule has 0 aliphatic heterocycles. The van der Waals surface area contributed by atoms with Crippen LogP contribution in [-0.4, -0.2) is 24.4 Å². The smallest absolute Gasteiger partial charge is 0.220 e. The highest BCUT2D eigenvalue weighted by Gasteiger charge is 2.20. The average Bonchev–Trinajstić information content (AvgIpc) is 3.43. The summed E-state index contributed by atoms with van der Waals surface area (Å²) in [6, 6.07) is 23.7. The van der Waals surface area contributed by atoms with E-state index in [4.69, 9.17) is 9.47 Å². The van der Waals surface area contributed by atoms with Crippen molar-refractivity contribution in [3.63, 3.8) is 0 Å². The van der Waals surface area contributed by atoms with Crippen molar-refractivity contribution in [2.24, 2.45) is 0 Å². The molecule has 7 aromatic rings. The zero-order valence-corrected chi connectivity index (χ0v) is 24.4. The van der Waals surface area contributed by atoms with Crippen LogP contribution in [0.4, 0.5) is 0 Å². The Bertz CT molecular complexity index is 2090. The lowest BCUT2D eigenvalue weighted by molar-refractivity contribution is -0.511. The van der Waals surface area contributed by atoms with Crippen molar-refractivity contribution in [3.05, 3.63) is 120 Å². The quantitative estimate of drug-likeness (QED) is 0.201. The Balaban J connectivity index is 1.37. The van der Waals surface area contributed by atoms with Crippen LogP contribution in [0, 0.1) is 0 Å². The van der Waals surface area contributed by atoms with Crippen molar-refractivity contribution < 1.29 is 28.5 Å². The van der Waals surface area contributed by atoms with E-state index in [1.165, 1.54) is 20.2 Å². The highest BCUT2D eigenvalue weighted by Crippen LogP contribution is 2.37. The second-order valence-corrected chi connectivity index (χ2v) is 11.3. The number of nitrogens with zero attached hydrogens (tertiary/aromatic N) is 2. The van der Waals surface area contributed by atoms with E-state index in [2.05, 4.69) is 70.0 Å². The SMILES string of the molecule is COc1cccc(/C=C\c2cc[n+]3ccc4sc5cc[n+]6ccc(/C=C/c7cccc(OC)c7O)cc6c5c4c3c2)c1O. The fourth-order valence-corrected chi connectivity index (χ4v) is 6.59. The maximum atomic E-state index is 10.5. The van der Waals surface area contributed by atoms with Crippen LogP contribution >= 0.6 is 11.3 Å². The minimum atomic E-state index is 0.123. The van der Waals surface area contributed by atoms with Crippen molar-refractivity contribution in [1.29, 1.82) is 0 Å². The topological polar surface area (TPSA) is 67.1 Å². The van der Waals surface area contributed by atoms with Crippen LogP contribution in [0.5, 0.6) is 23.0 Å². The number of benzene rings is 2. The van der Waals surface area contributed by atoms with E-state index >= 15 is 0 Å². The summed E-state index contributed by atoms with van der Waals surface area (Å²) in [5.74, 6) is 1.14. The average molecular weight is 585 g/mol. The maximum absolute atomic E-state index is 10.5. The molecule has 0 spiro atoms. The van der Waals surface area contributed by atoms with Crippen molar-refractivity contribution in [3.8, 4) is 23.0 Å². The van der Waals surface area contributed by atoms with Gasteiger partial charge in [0.2, 0.25) is 11.0 Å². The molecule has 5 heterocycles. The number of methoxy groups -OCH3 is 2. The summed E-state index contributed by atoms with van der Waals surface area (Å²) in [5.41, 5.74) is 5.60. The Morgan fingerprint density at radius 2 is 1.02 bits per heavy atom. The third kappa shape index (κ3) is 4.70. The van der Waals surface area contributed by atoms with E-state index < -0.39 is 0 Å². The van der Waals surface area contributed by atoms with Crippen LogP contribution in [0.25, 0.3) is 55.5 Å². The van der Waals surface area contributed by atoms with E-state index in [-0.39, 0.29) is 11.5 Å². The monoisotopic (exact) mass is 584 g/mol. The molecule has 0 atom stereocenters. The summed E-state index contributed by atoms with van der Waals surface area (Å²) in [5, 5.41) is 23.4. The summed E-state index contributed by atoms with van der Waals surface area (Å²) >= 11 is 1.78. The van der Waals surface area contributed by atoms with Gasteiger partial charge in [-0.2, -0.15) is 8.80 Å². The normalized spacial score (nSPS) is 12.0. The predicted octanol–water partition coefficient (Wildman–Crippen LogP) is 7.30. The van der Waals surface area contributed by atoms with Gasteiger partial charge in [-0.15, -0.1) is 11.3 Å². The third-order valence-electron chi connectivity index (χ3n) is 7.68. The van der Waals surface area contributed by atoms with Gasteiger partial charge in [-0.3, -0.25) is 0 Å². The molecule has 0 radical (unpaired) electrons. The van der Waals surface area contributed by atoms with Gasteiger partial charge in [0.15, 0.2) is 47.8 Å². The second-order valence-electron chi connectivity index (χ2n) is 10.2. The first-order valence-electron chi connectivity index (χ1n) is 13.8. The van der Waals surface area contributed by atoms with Gasteiger partial charge in [0, 0.05) is 56.9 Å². The molecule has 0 fully saturated rings. The molecule has 0 unspecified atom stereocenters. The number of fused-ring (bicyclic) bond motifs is 7. The summed E-state index contributed by atoms with van der Waals surface area (Å²) in [6.07, 6.45) is 16.1. The van der Waals surface area contributed by atoms with Gasteiger partial charge >= 0.3 is 0 Å². The van der Waals surface area contributed by atoms with Crippen LogP contribution in [0.1, 0.15) is 22.3 Å². The highest BCUT2D eigenvalue weighted by molar-refractivity contribution is 7.26. The van der Waals surface area contributed by atoms with Gasteiger partial charge in [-0.25, -0.2) is 0 Å². The fourth-order valence-electron chi connectivity index (χ4n) is 5.48. The summed E-state index contributed by atoms with van der Waals surface area (Å²) < 4.78 is 17.2. The number of hydrogen-bond donors (Lipinski definition) is 2. The molecule has 0 saturated heterocycles. The van der Waals surface area contributed by atoms with Gasteiger partial charge in [0.25, 0.3) is 0 Å². The molecule has 0 aliphatic rings. The molecule has 2 aromatic carbocycles.